The van der Waals surface area contributed by atoms with Crippen LogP contribution in [0.4, 0.5) is 5.69 Å². The summed E-state index contributed by atoms with van der Waals surface area (Å²) in [5.41, 5.74) is -0.241. The number of nitro groups is 2. The summed E-state index contributed by atoms with van der Waals surface area (Å²) in [7, 11) is 0. The first kappa shape index (κ1) is 17.5. The number of hydrogen-bond acceptors (Lipinski definition) is 7. The van der Waals surface area contributed by atoms with Crippen LogP contribution in [0, 0.1) is 20.2 Å². The van der Waals surface area contributed by atoms with Crippen LogP contribution in [0.15, 0.2) is 54.6 Å². The van der Waals surface area contributed by atoms with E-state index in [-0.39, 0.29) is 16.8 Å². The standard InChI is InChI=1S/C15H11N3O7/c19-13(10-6-2-1-3-7-10)11-8-4-5-9-12(11)16-15(14(20)21,17(22)23)18(24)25/h1-9,16H,(H,20,21). The zero-order chi connectivity index (χ0) is 18.6. The third-order valence-corrected chi connectivity index (χ3v) is 3.34. The Labute approximate surface area is 140 Å². The molecular formula is C15H11N3O7. The Bertz CT molecular complexity index is 815. The molecule has 0 bridgehead atoms. The van der Waals surface area contributed by atoms with Gasteiger partial charge in [0.05, 0.1) is 5.69 Å². The second-order valence-corrected chi connectivity index (χ2v) is 4.86. The Kier molecular flexibility index (Phi) is 4.73. The predicted octanol–water partition coefficient (Wildman–Crippen LogP) is 1.62. The van der Waals surface area contributed by atoms with Gasteiger partial charge in [-0.05, 0) is 12.1 Å². The molecule has 0 aliphatic carbocycles. The summed E-state index contributed by atoms with van der Waals surface area (Å²) in [6.07, 6.45) is 0. The highest BCUT2D eigenvalue weighted by Gasteiger charge is 2.66. The largest absolute Gasteiger partial charge is 0.640 e. The summed E-state index contributed by atoms with van der Waals surface area (Å²) in [5, 5.41) is 33.0. The Hall–Kier alpha value is -3.82. The lowest BCUT2D eigenvalue weighted by Crippen LogP contribution is -2.59. The highest BCUT2D eigenvalue weighted by atomic mass is 16.7. The van der Waals surface area contributed by atoms with Crippen LogP contribution in [0.2, 0.25) is 0 Å². The number of ketones is 1. The maximum Gasteiger partial charge on any atom is 0.640 e. The zero-order valence-corrected chi connectivity index (χ0v) is 12.5. The fourth-order valence-electron chi connectivity index (χ4n) is 2.09. The van der Waals surface area contributed by atoms with E-state index >= 15 is 0 Å². The first-order valence-electron chi connectivity index (χ1n) is 6.80. The van der Waals surface area contributed by atoms with Crippen LogP contribution in [0.1, 0.15) is 15.9 Å². The van der Waals surface area contributed by atoms with Crippen molar-refractivity contribution in [2.45, 2.75) is 5.79 Å². The fraction of sp³-hybridized carbons (Fsp3) is 0.0667. The molecule has 0 saturated heterocycles. The number of rotatable bonds is 7. The molecule has 10 heteroatoms. The number of benzene rings is 2. The number of hydrogen-bond donors (Lipinski definition) is 2. The lowest BCUT2D eigenvalue weighted by Gasteiger charge is -2.16. The van der Waals surface area contributed by atoms with Crippen LogP contribution in [-0.2, 0) is 4.79 Å². The minimum atomic E-state index is -3.72. The third kappa shape index (κ3) is 3.13. The highest BCUT2D eigenvalue weighted by Crippen LogP contribution is 2.24. The lowest BCUT2D eigenvalue weighted by molar-refractivity contribution is -0.769. The van der Waals surface area contributed by atoms with Crippen molar-refractivity contribution in [3.8, 4) is 0 Å². The maximum absolute atomic E-state index is 12.5. The molecule has 0 aromatic heterocycles. The summed E-state index contributed by atoms with van der Waals surface area (Å²) in [4.78, 5) is 42.8. The maximum atomic E-state index is 12.5. The van der Waals surface area contributed by atoms with Crippen LogP contribution in [0.3, 0.4) is 0 Å². The topological polar surface area (TPSA) is 153 Å². The minimum absolute atomic E-state index is 0.136. The molecule has 2 rings (SSSR count). The predicted molar refractivity (Wildman–Crippen MR) is 84.3 cm³/mol. The van der Waals surface area contributed by atoms with E-state index in [1.807, 2.05) is 0 Å². The average molecular weight is 345 g/mol. The third-order valence-electron chi connectivity index (χ3n) is 3.34. The van der Waals surface area contributed by atoms with Crippen molar-refractivity contribution < 1.29 is 24.5 Å². The fourth-order valence-corrected chi connectivity index (χ4v) is 2.09. The van der Waals surface area contributed by atoms with E-state index in [9.17, 15) is 29.8 Å². The minimum Gasteiger partial charge on any atom is -0.469 e. The second kappa shape index (κ2) is 6.74. The van der Waals surface area contributed by atoms with E-state index in [4.69, 9.17) is 5.11 Å². The first-order chi connectivity index (χ1) is 11.8. The first-order valence-corrected chi connectivity index (χ1v) is 6.80. The Morgan fingerprint density at radius 3 is 1.96 bits per heavy atom. The molecule has 0 aliphatic heterocycles. The summed E-state index contributed by atoms with van der Waals surface area (Å²) in [6, 6.07) is 13.1. The van der Waals surface area contributed by atoms with E-state index in [0.717, 1.165) is 6.07 Å². The van der Waals surface area contributed by atoms with Crippen molar-refractivity contribution in [1.82, 2.24) is 0 Å². The van der Waals surface area contributed by atoms with E-state index in [2.05, 4.69) is 0 Å². The molecule has 0 amide bonds. The molecule has 0 radical (unpaired) electrons. The smallest absolute Gasteiger partial charge is 0.469 e. The summed E-state index contributed by atoms with van der Waals surface area (Å²) >= 11 is 0. The van der Waals surface area contributed by atoms with Gasteiger partial charge in [-0.2, -0.15) is 0 Å². The molecule has 0 saturated carbocycles. The van der Waals surface area contributed by atoms with Gasteiger partial charge in [-0.15, -0.1) is 0 Å². The molecule has 2 aromatic carbocycles. The monoisotopic (exact) mass is 345 g/mol. The van der Waals surface area contributed by atoms with Gasteiger partial charge in [0.2, 0.25) is 0 Å². The number of para-hydroxylation sites is 1. The lowest BCUT2D eigenvalue weighted by atomic mass is 10.0. The number of nitrogens with zero attached hydrogens (tertiary/aromatic N) is 2. The zero-order valence-electron chi connectivity index (χ0n) is 12.5. The number of carboxylic acid groups (broad SMARTS) is 1. The molecular weight excluding hydrogens is 334 g/mol. The quantitative estimate of drug-likeness (QED) is 0.332. The van der Waals surface area contributed by atoms with Gasteiger partial charge in [0.25, 0.3) is 0 Å². The van der Waals surface area contributed by atoms with Gasteiger partial charge in [-0.3, -0.25) is 25.0 Å². The number of carbonyl (C=O) groups is 2. The summed E-state index contributed by atoms with van der Waals surface area (Å²) in [6.45, 7) is 0. The number of nitrogens with one attached hydrogen (secondary N) is 1. The van der Waals surface area contributed by atoms with Crippen LogP contribution in [0.25, 0.3) is 0 Å². The Morgan fingerprint density at radius 1 is 0.920 bits per heavy atom. The van der Waals surface area contributed by atoms with Gasteiger partial charge in [-0.25, -0.2) is 10.1 Å². The molecule has 0 aliphatic rings. The second-order valence-electron chi connectivity index (χ2n) is 4.86. The molecule has 0 atom stereocenters. The molecule has 128 valence electrons. The van der Waals surface area contributed by atoms with Crippen LogP contribution in [0.5, 0.6) is 0 Å². The number of carboxylic acids is 1. The molecule has 10 nitrogen and oxygen atoms in total. The molecule has 0 fully saturated rings. The normalized spacial score (nSPS) is 10.7. The number of carbonyl (C=O) groups excluding carboxylic acids is 1. The molecule has 0 heterocycles. The van der Waals surface area contributed by atoms with E-state index < -0.39 is 27.4 Å². The molecule has 0 spiro atoms. The van der Waals surface area contributed by atoms with Crippen LogP contribution in [-0.4, -0.2) is 32.5 Å². The van der Waals surface area contributed by atoms with E-state index in [1.165, 1.54) is 30.3 Å². The van der Waals surface area contributed by atoms with Gasteiger partial charge in [0, 0.05) is 11.1 Å². The van der Waals surface area contributed by atoms with Crippen molar-refractivity contribution in [2.75, 3.05) is 5.32 Å². The van der Waals surface area contributed by atoms with Gasteiger partial charge in [0.15, 0.2) is 5.78 Å². The van der Waals surface area contributed by atoms with Crippen molar-refractivity contribution in [3.63, 3.8) is 0 Å². The van der Waals surface area contributed by atoms with Gasteiger partial charge in [-0.1, -0.05) is 42.5 Å². The SMILES string of the molecule is O=C(c1ccccc1)c1ccccc1NC(C(=O)O)([N+](=O)[O-])[N+](=O)[O-]. The van der Waals surface area contributed by atoms with Crippen molar-refractivity contribution in [3.05, 3.63) is 86.0 Å². The summed E-state index contributed by atoms with van der Waals surface area (Å²) in [5.74, 6) is -6.60. The van der Waals surface area contributed by atoms with Gasteiger partial charge < -0.3 is 5.11 Å². The summed E-state index contributed by atoms with van der Waals surface area (Å²) < 4.78 is 0. The average Bonchev–Trinajstić information content (AvgIpc) is 2.59. The van der Waals surface area contributed by atoms with E-state index in [0.29, 0.717) is 0 Å². The molecule has 2 aromatic rings. The van der Waals surface area contributed by atoms with Gasteiger partial charge in [0.1, 0.15) is 9.85 Å². The van der Waals surface area contributed by atoms with Crippen LogP contribution >= 0.6 is 0 Å². The molecule has 2 N–H and O–H groups in total. The number of anilines is 1. The highest BCUT2D eigenvalue weighted by molar-refractivity contribution is 6.12. The van der Waals surface area contributed by atoms with Crippen molar-refractivity contribution in [2.24, 2.45) is 0 Å². The van der Waals surface area contributed by atoms with Crippen LogP contribution < -0.4 is 5.32 Å². The van der Waals surface area contributed by atoms with E-state index in [1.54, 1.807) is 23.5 Å². The molecule has 0 unspecified atom stereocenters. The number of aliphatic carboxylic acids is 1. The Morgan fingerprint density at radius 2 is 1.44 bits per heavy atom. The van der Waals surface area contributed by atoms with Crippen molar-refractivity contribution >= 4 is 17.4 Å². The van der Waals surface area contributed by atoms with Gasteiger partial charge >= 0.3 is 11.8 Å². The molecule has 25 heavy (non-hydrogen) atoms. The Balaban J connectivity index is 2.54. The van der Waals surface area contributed by atoms with Crippen molar-refractivity contribution in [1.29, 1.82) is 0 Å².